The van der Waals surface area contributed by atoms with Crippen molar-refractivity contribution >= 4 is 21.7 Å². The second kappa shape index (κ2) is 6.69. The van der Waals surface area contributed by atoms with E-state index in [2.05, 4.69) is 29.8 Å². The highest BCUT2D eigenvalue weighted by molar-refractivity contribution is 9.09. The maximum atomic E-state index is 11.3. The monoisotopic (exact) mass is 284 g/mol. The van der Waals surface area contributed by atoms with Gasteiger partial charge in [-0.15, -0.1) is 0 Å². The Hall–Kier alpha value is -0.830. The largest absolute Gasteiger partial charge is 0.494 e. The number of carbonyl (C=O) groups is 1. The predicted molar refractivity (Wildman–Crippen MR) is 69.5 cm³/mol. The topological polar surface area (TPSA) is 26.3 Å². The van der Waals surface area contributed by atoms with Gasteiger partial charge in [0.2, 0.25) is 0 Å². The van der Waals surface area contributed by atoms with Gasteiger partial charge in [-0.3, -0.25) is 4.79 Å². The predicted octanol–water partition coefficient (Wildman–Crippen LogP) is 3.69. The van der Waals surface area contributed by atoms with Gasteiger partial charge in [-0.1, -0.05) is 29.8 Å². The van der Waals surface area contributed by atoms with Crippen LogP contribution in [0.15, 0.2) is 24.3 Å². The molecule has 3 heteroatoms. The summed E-state index contributed by atoms with van der Waals surface area (Å²) in [5, 5.41) is 0.362. The van der Waals surface area contributed by atoms with Crippen LogP contribution in [0.2, 0.25) is 0 Å². The number of hydrogen-bond donors (Lipinski definition) is 0. The first kappa shape index (κ1) is 13.2. The number of Topliss-reactive ketones (excluding diaryl/α,β-unsaturated/α-hetero) is 1. The van der Waals surface area contributed by atoms with Gasteiger partial charge in [0.05, 0.1) is 11.9 Å². The van der Waals surface area contributed by atoms with Crippen molar-refractivity contribution < 1.29 is 9.53 Å². The lowest BCUT2D eigenvalue weighted by Gasteiger charge is -2.08. The van der Waals surface area contributed by atoms with Crippen molar-refractivity contribution in [2.45, 2.75) is 20.3 Å². The zero-order valence-electron chi connectivity index (χ0n) is 9.70. The zero-order chi connectivity index (χ0) is 12.0. The molecule has 0 amide bonds. The molecule has 0 radical (unpaired) electrons. The fourth-order valence-corrected chi connectivity index (χ4v) is 1.55. The lowest BCUT2D eigenvalue weighted by molar-refractivity contribution is 0.102. The Labute approximate surface area is 105 Å². The Morgan fingerprint density at radius 1 is 1.31 bits per heavy atom. The summed E-state index contributed by atoms with van der Waals surface area (Å²) in [5.41, 5.74) is 0.716. The minimum absolute atomic E-state index is 0.0914. The third kappa shape index (κ3) is 4.35. The van der Waals surface area contributed by atoms with Crippen molar-refractivity contribution in [2.75, 3.05) is 11.9 Å². The summed E-state index contributed by atoms with van der Waals surface area (Å²) in [6, 6.07) is 7.29. The van der Waals surface area contributed by atoms with Gasteiger partial charge >= 0.3 is 0 Å². The van der Waals surface area contributed by atoms with E-state index in [9.17, 15) is 4.79 Å². The van der Waals surface area contributed by atoms with Crippen LogP contribution in [0.25, 0.3) is 0 Å². The molecule has 0 heterocycles. The first-order valence-corrected chi connectivity index (χ1v) is 6.57. The Balaban J connectivity index is 2.48. The van der Waals surface area contributed by atoms with Gasteiger partial charge in [0.25, 0.3) is 0 Å². The summed E-state index contributed by atoms with van der Waals surface area (Å²) < 4.78 is 5.56. The molecule has 1 aromatic rings. The average Bonchev–Trinajstić information content (AvgIpc) is 2.28. The smallest absolute Gasteiger partial charge is 0.173 e. The molecule has 1 rings (SSSR count). The van der Waals surface area contributed by atoms with Crippen LogP contribution in [0.1, 0.15) is 30.6 Å². The molecule has 0 aliphatic rings. The molecular weight excluding hydrogens is 268 g/mol. The number of benzene rings is 1. The maximum Gasteiger partial charge on any atom is 0.173 e. The normalized spacial score (nSPS) is 10.5. The molecule has 0 aliphatic carbocycles. The molecule has 16 heavy (non-hydrogen) atoms. The van der Waals surface area contributed by atoms with Crippen LogP contribution in [-0.4, -0.2) is 17.7 Å². The van der Waals surface area contributed by atoms with Crippen LogP contribution in [0.4, 0.5) is 0 Å². The number of rotatable bonds is 6. The first-order valence-electron chi connectivity index (χ1n) is 5.45. The summed E-state index contributed by atoms with van der Waals surface area (Å²) in [7, 11) is 0. The molecule has 88 valence electrons. The van der Waals surface area contributed by atoms with E-state index in [4.69, 9.17) is 4.74 Å². The van der Waals surface area contributed by atoms with Crippen LogP contribution in [0.3, 0.4) is 0 Å². The molecule has 0 atom stereocenters. The summed E-state index contributed by atoms with van der Waals surface area (Å²) in [6.45, 7) is 5.06. The van der Waals surface area contributed by atoms with Gasteiger partial charge in [-0.2, -0.15) is 0 Å². The minimum atomic E-state index is 0.0914. The highest BCUT2D eigenvalue weighted by Gasteiger charge is 2.03. The summed E-state index contributed by atoms with van der Waals surface area (Å²) in [6.07, 6.45) is 1.04. The lowest BCUT2D eigenvalue weighted by atomic mass is 10.1. The fraction of sp³-hybridized carbons (Fsp3) is 0.462. The zero-order valence-corrected chi connectivity index (χ0v) is 11.3. The van der Waals surface area contributed by atoms with Gasteiger partial charge in [-0.05, 0) is 36.6 Å². The van der Waals surface area contributed by atoms with Gasteiger partial charge in [0, 0.05) is 5.56 Å². The van der Waals surface area contributed by atoms with Gasteiger partial charge in [0.1, 0.15) is 5.75 Å². The second-order valence-corrected chi connectivity index (χ2v) is 4.67. The van der Waals surface area contributed by atoms with E-state index >= 15 is 0 Å². The Morgan fingerprint density at radius 2 is 1.94 bits per heavy atom. The minimum Gasteiger partial charge on any atom is -0.494 e. The van der Waals surface area contributed by atoms with Crippen molar-refractivity contribution in [2.24, 2.45) is 5.92 Å². The van der Waals surface area contributed by atoms with Gasteiger partial charge in [0.15, 0.2) is 5.78 Å². The number of carbonyl (C=O) groups excluding carboxylic acids is 1. The number of alkyl halides is 1. The fourth-order valence-electron chi connectivity index (χ4n) is 1.23. The first-order chi connectivity index (χ1) is 7.63. The standard InChI is InChI=1S/C13H17BrO2/c1-10(2)7-8-16-12-5-3-11(4-6-12)13(15)9-14/h3-6,10H,7-9H2,1-2H3. The molecule has 0 saturated heterocycles. The Bertz CT molecular complexity index is 330. The van der Waals surface area contributed by atoms with Crippen LogP contribution in [0, 0.1) is 5.92 Å². The molecule has 0 aliphatic heterocycles. The molecule has 0 spiro atoms. The van der Waals surface area contributed by atoms with Gasteiger partial charge in [-0.25, -0.2) is 0 Å². The Kier molecular flexibility index (Phi) is 5.53. The van der Waals surface area contributed by atoms with Gasteiger partial charge < -0.3 is 4.74 Å². The maximum absolute atomic E-state index is 11.3. The number of hydrogen-bond acceptors (Lipinski definition) is 2. The Morgan fingerprint density at radius 3 is 2.44 bits per heavy atom. The molecule has 0 unspecified atom stereocenters. The molecule has 2 nitrogen and oxygen atoms in total. The molecule has 0 saturated carbocycles. The second-order valence-electron chi connectivity index (χ2n) is 4.11. The summed E-state index contributed by atoms with van der Waals surface area (Å²) in [5.74, 6) is 1.56. The molecule has 0 bridgehead atoms. The van der Waals surface area contributed by atoms with Crippen LogP contribution in [0.5, 0.6) is 5.75 Å². The van der Waals surface area contributed by atoms with Crippen molar-refractivity contribution in [1.29, 1.82) is 0 Å². The van der Waals surface area contributed by atoms with Crippen molar-refractivity contribution in [3.05, 3.63) is 29.8 Å². The van der Waals surface area contributed by atoms with Crippen LogP contribution in [-0.2, 0) is 0 Å². The number of halogens is 1. The summed E-state index contributed by atoms with van der Waals surface area (Å²) in [4.78, 5) is 11.3. The average molecular weight is 285 g/mol. The quantitative estimate of drug-likeness (QED) is 0.588. The van der Waals surface area contributed by atoms with E-state index in [1.54, 1.807) is 12.1 Å². The van der Waals surface area contributed by atoms with E-state index in [-0.39, 0.29) is 5.78 Å². The van der Waals surface area contributed by atoms with E-state index in [1.165, 1.54) is 0 Å². The number of ketones is 1. The molecular formula is C13H17BrO2. The van der Waals surface area contributed by atoms with Crippen molar-refractivity contribution in [3.63, 3.8) is 0 Å². The molecule has 0 fully saturated rings. The SMILES string of the molecule is CC(C)CCOc1ccc(C(=O)CBr)cc1. The number of ether oxygens (including phenoxy) is 1. The van der Waals surface area contributed by atoms with Crippen molar-refractivity contribution in [1.82, 2.24) is 0 Å². The molecule has 1 aromatic carbocycles. The van der Waals surface area contributed by atoms with E-state index in [0.29, 0.717) is 16.8 Å². The van der Waals surface area contributed by atoms with E-state index in [0.717, 1.165) is 18.8 Å². The van der Waals surface area contributed by atoms with Crippen LogP contribution < -0.4 is 4.74 Å². The van der Waals surface area contributed by atoms with E-state index < -0.39 is 0 Å². The third-order valence-electron chi connectivity index (χ3n) is 2.26. The third-order valence-corrected chi connectivity index (χ3v) is 2.77. The summed E-state index contributed by atoms with van der Waals surface area (Å²) >= 11 is 3.15. The molecule has 0 N–H and O–H groups in total. The van der Waals surface area contributed by atoms with E-state index in [1.807, 2.05) is 12.1 Å². The molecule has 0 aromatic heterocycles. The lowest BCUT2D eigenvalue weighted by Crippen LogP contribution is -2.02. The van der Waals surface area contributed by atoms with Crippen LogP contribution >= 0.6 is 15.9 Å². The highest BCUT2D eigenvalue weighted by atomic mass is 79.9. The highest BCUT2D eigenvalue weighted by Crippen LogP contribution is 2.14. The van der Waals surface area contributed by atoms with Crippen molar-refractivity contribution in [3.8, 4) is 5.75 Å².